The molecule has 0 spiro atoms. The molecule has 5 nitrogen and oxygen atoms in total. The third-order valence-electron chi connectivity index (χ3n) is 3.10. The van der Waals surface area contributed by atoms with Crippen LogP contribution in [0, 0.1) is 0 Å². The molecule has 1 N–H and O–H groups in total. The zero-order valence-corrected chi connectivity index (χ0v) is 15.1. The number of carbonyl (C=O) groups excluding carboxylic acids is 1. The molecule has 0 aliphatic heterocycles. The molecule has 0 aliphatic carbocycles. The van der Waals surface area contributed by atoms with Crippen molar-refractivity contribution in [3.63, 3.8) is 0 Å². The van der Waals surface area contributed by atoms with E-state index in [0.29, 0.717) is 16.5 Å². The summed E-state index contributed by atoms with van der Waals surface area (Å²) in [7, 11) is 4.00. The van der Waals surface area contributed by atoms with Crippen LogP contribution in [-0.2, 0) is 6.54 Å². The molecular weight excluding hydrogens is 326 g/mol. The third-order valence-corrected chi connectivity index (χ3v) is 3.37. The van der Waals surface area contributed by atoms with Crippen LogP contribution in [0.4, 0.5) is 5.69 Å². The van der Waals surface area contributed by atoms with E-state index in [-0.39, 0.29) is 12.0 Å². The zero-order valence-electron chi connectivity index (χ0n) is 14.3. The molecule has 1 aromatic carbocycles. The number of nitrogens with zero attached hydrogens (tertiary/aromatic N) is 2. The number of ether oxygens (including phenoxy) is 1. The van der Waals surface area contributed by atoms with Gasteiger partial charge in [0.1, 0.15) is 5.02 Å². The maximum absolute atomic E-state index is 12.4. The SMILES string of the molecule is CC(C)Oc1ncc(C(=O)Nc2cccc(CN(C)C)c2)cc1Cl. The van der Waals surface area contributed by atoms with Crippen molar-refractivity contribution in [1.82, 2.24) is 9.88 Å². The summed E-state index contributed by atoms with van der Waals surface area (Å²) < 4.78 is 5.47. The lowest BCUT2D eigenvalue weighted by atomic mass is 10.2. The lowest BCUT2D eigenvalue weighted by Gasteiger charge is -2.12. The number of benzene rings is 1. The molecule has 1 amide bonds. The Morgan fingerprint density at radius 2 is 2.08 bits per heavy atom. The first kappa shape index (κ1) is 18.2. The van der Waals surface area contributed by atoms with Crippen molar-refractivity contribution >= 4 is 23.2 Å². The maximum atomic E-state index is 12.4. The highest BCUT2D eigenvalue weighted by Crippen LogP contribution is 2.24. The van der Waals surface area contributed by atoms with E-state index in [2.05, 4.69) is 15.2 Å². The van der Waals surface area contributed by atoms with E-state index in [1.165, 1.54) is 6.20 Å². The molecule has 24 heavy (non-hydrogen) atoms. The molecule has 1 aromatic heterocycles. The molecule has 0 saturated carbocycles. The fourth-order valence-electron chi connectivity index (χ4n) is 2.18. The number of halogens is 1. The van der Waals surface area contributed by atoms with Crippen LogP contribution in [0.25, 0.3) is 0 Å². The summed E-state index contributed by atoms with van der Waals surface area (Å²) in [5.41, 5.74) is 2.24. The molecule has 2 aromatic rings. The van der Waals surface area contributed by atoms with Crippen LogP contribution >= 0.6 is 11.6 Å². The van der Waals surface area contributed by atoms with E-state index in [4.69, 9.17) is 16.3 Å². The van der Waals surface area contributed by atoms with Crippen molar-refractivity contribution in [3.8, 4) is 5.88 Å². The van der Waals surface area contributed by atoms with Crippen molar-refractivity contribution in [2.75, 3.05) is 19.4 Å². The molecule has 0 radical (unpaired) electrons. The summed E-state index contributed by atoms with van der Waals surface area (Å²) in [6, 6.07) is 9.29. The van der Waals surface area contributed by atoms with Crippen LogP contribution < -0.4 is 10.1 Å². The van der Waals surface area contributed by atoms with Gasteiger partial charge in [0.05, 0.1) is 11.7 Å². The van der Waals surface area contributed by atoms with Gasteiger partial charge in [0.2, 0.25) is 5.88 Å². The van der Waals surface area contributed by atoms with E-state index in [0.717, 1.165) is 17.8 Å². The largest absolute Gasteiger partial charge is 0.474 e. The van der Waals surface area contributed by atoms with Crippen LogP contribution in [0.3, 0.4) is 0 Å². The number of aromatic nitrogens is 1. The Labute approximate surface area is 147 Å². The van der Waals surface area contributed by atoms with Gasteiger partial charge < -0.3 is 15.0 Å². The normalized spacial score (nSPS) is 11.0. The predicted molar refractivity (Wildman–Crippen MR) is 96.8 cm³/mol. The second-order valence-corrected chi connectivity index (χ2v) is 6.48. The standard InChI is InChI=1S/C18H22ClN3O2/c1-12(2)24-18-16(19)9-14(10-20-18)17(23)21-15-7-5-6-13(8-15)11-22(3)4/h5-10,12H,11H2,1-4H3,(H,21,23). The Morgan fingerprint density at radius 1 is 1.33 bits per heavy atom. The average Bonchev–Trinajstić information content (AvgIpc) is 2.48. The van der Waals surface area contributed by atoms with Crippen molar-refractivity contribution in [2.24, 2.45) is 0 Å². The highest BCUT2D eigenvalue weighted by Gasteiger charge is 2.12. The zero-order chi connectivity index (χ0) is 17.7. The van der Waals surface area contributed by atoms with Crippen molar-refractivity contribution in [2.45, 2.75) is 26.5 Å². The van der Waals surface area contributed by atoms with E-state index < -0.39 is 0 Å². The highest BCUT2D eigenvalue weighted by molar-refractivity contribution is 6.32. The number of hydrogen-bond donors (Lipinski definition) is 1. The Kier molecular flexibility index (Phi) is 6.17. The molecule has 0 fully saturated rings. The van der Waals surface area contributed by atoms with Gasteiger partial charge in [-0.15, -0.1) is 0 Å². The van der Waals surface area contributed by atoms with Crippen molar-refractivity contribution in [1.29, 1.82) is 0 Å². The predicted octanol–water partition coefficient (Wildman–Crippen LogP) is 3.84. The molecule has 128 valence electrons. The topological polar surface area (TPSA) is 54.5 Å². The quantitative estimate of drug-likeness (QED) is 0.862. The van der Waals surface area contributed by atoms with E-state index in [1.807, 2.05) is 52.2 Å². The van der Waals surface area contributed by atoms with Crippen LogP contribution in [0.5, 0.6) is 5.88 Å². The minimum atomic E-state index is -0.262. The van der Waals surface area contributed by atoms with Crippen molar-refractivity contribution in [3.05, 3.63) is 52.7 Å². The number of hydrogen-bond acceptors (Lipinski definition) is 4. The molecule has 0 saturated heterocycles. The smallest absolute Gasteiger partial charge is 0.257 e. The first-order valence-electron chi connectivity index (χ1n) is 7.72. The van der Waals surface area contributed by atoms with E-state index in [1.54, 1.807) is 6.07 Å². The minimum Gasteiger partial charge on any atom is -0.474 e. The second-order valence-electron chi connectivity index (χ2n) is 6.07. The second kappa shape index (κ2) is 8.13. The summed E-state index contributed by atoms with van der Waals surface area (Å²) in [6.45, 7) is 4.58. The summed E-state index contributed by atoms with van der Waals surface area (Å²) in [5, 5.41) is 3.18. The van der Waals surface area contributed by atoms with Crippen LogP contribution in [-0.4, -0.2) is 36.0 Å². The van der Waals surface area contributed by atoms with Gasteiger partial charge in [0, 0.05) is 18.4 Å². The Hall–Kier alpha value is -2.11. The molecule has 2 rings (SSSR count). The van der Waals surface area contributed by atoms with Gasteiger partial charge in [0.25, 0.3) is 5.91 Å². The van der Waals surface area contributed by atoms with Gasteiger partial charge in [0.15, 0.2) is 0 Å². The molecular formula is C18H22ClN3O2. The van der Waals surface area contributed by atoms with Gasteiger partial charge in [-0.05, 0) is 51.7 Å². The lowest BCUT2D eigenvalue weighted by molar-refractivity contribution is 0.102. The summed E-state index contributed by atoms with van der Waals surface area (Å²) in [4.78, 5) is 18.6. The molecule has 0 atom stereocenters. The highest BCUT2D eigenvalue weighted by atomic mass is 35.5. The van der Waals surface area contributed by atoms with Gasteiger partial charge in [-0.2, -0.15) is 0 Å². The number of rotatable bonds is 6. The molecule has 1 heterocycles. The van der Waals surface area contributed by atoms with Crippen LogP contribution in [0.2, 0.25) is 5.02 Å². The molecule has 6 heteroatoms. The number of pyridine rings is 1. The maximum Gasteiger partial charge on any atom is 0.257 e. The number of amides is 1. The molecule has 0 unspecified atom stereocenters. The Morgan fingerprint density at radius 3 is 2.71 bits per heavy atom. The van der Waals surface area contributed by atoms with E-state index >= 15 is 0 Å². The number of nitrogens with one attached hydrogen (secondary N) is 1. The fourth-order valence-corrected chi connectivity index (χ4v) is 2.39. The summed E-state index contributed by atoms with van der Waals surface area (Å²) in [6.07, 6.45) is 1.43. The van der Waals surface area contributed by atoms with Crippen LogP contribution in [0.15, 0.2) is 36.5 Å². The van der Waals surface area contributed by atoms with Crippen molar-refractivity contribution < 1.29 is 9.53 Å². The van der Waals surface area contributed by atoms with Gasteiger partial charge >= 0.3 is 0 Å². The van der Waals surface area contributed by atoms with Gasteiger partial charge in [-0.1, -0.05) is 23.7 Å². The number of carbonyl (C=O) groups is 1. The monoisotopic (exact) mass is 347 g/mol. The first-order chi connectivity index (χ1) is 11.3. The lowest BCUT2D eigenvalue weighted by Crippen LogP contribution is -2.14. The molecule has 0 aliphatic rings. The van der Waals surface area contributed by atoms with E-state index in [9.17, 15) is 4.79 Å². The first-order valence-corrected chi connectivity index (χ1v) is 8.10. The third kappa shape index (κ3) is 5.22. The Bertz CT molecular complexity index is 717. The summed E-state index contributed by atoms with van der Waals surface area (Å²) >= 11 is 6.13. The Balaban J connectivity index is 2.11. The van der Waals surface area contributed by atoms with Gasteiger partial charge in [-0.3, -0.25) is 4.79 Å². The molecule has 0 bridgehead atoms. The summed E-state index contributed by atoms with van der Waals surface area (Å²) in [5.74, 6) is 0.0682. The average molecular weight is 348 g/mol. The fraction of sp³-hybridized carbons (Fsp3) is 0.333. The minimum absolute atomic E-state index is 0.0332. The van der Waals surface area contributed by atoms with Gasteiger partial charge in [-0.25, -0.2) is 4.98 Å². The number of anilines is 1. The van der Waals surface area contributed by atoms with Crippen LogP contribution in [0.1, 0.15) is 29.8 Å².